The Morgan fingerprint density at radius 3 is 2.72 bits per heavy atom. The number of nitrogens with one attached hydrogen (secondary N) is 1. The fourth-order valence-electron chi connectivity index (χ4n) is 2.67. The summed E-state index contributed by atoms with van der Waals surface area (Å²) in [6.45, 7) is 4.30. The van der Waals surface area contributed by atoms with E-state index in [1.54, 1.807) is 0 Å². The zero-order valence-electron chi connectivity index (χ0n) is 10.8. The first-order valence-electron chi connectivity index (χ1n) is 6.29. The summed E-state index contributed by atoms with van der Waals surface area (Å²) in [6.07, 6.45) is 3.21. The highest BCUT2D eigenvalue weighted by Gasteiger charge is 2.39. The Kier molecular flexibility index (Phi) is 3.75. The number of amides is 2. The number of carboxylic acid groups (broad SMARTS) is 1. The van der Waals surface area contributed by atoms with Crippen molar-refractivity contribution >= 4 is 23.8 Å². The van der Waals surface area contributed by atoms with Gasteiger partial charge in [-0.15, -0.1) is 11.8 Å². The average Bonchev–Trinajstić information content (AvgIpc) is 2.86. The molecule has 1 aliphatic heterocycles. The summed E-state index contributed by atoms with van der Waals surface area (Å²) < 4.78 is 0. The van der Waals surface area contributed by atoms with Crippen molar-refractivity contribution in [1.29, 1.82) is 0 Å². The van der Waals surface area contributed by atoms with Crippen LogP contribution in [0.2, 0.25) is 0 Å². The number of thioether (sulfide) groups is 1. The van der Waals surface area contributed by atoms with E-state index in [1.807, 2.05) is 0 Å². The average molecular weight is 272 g/mol. The van der Waals surface area contributed by atoms with Crippen molar-refractivity contribution in [2.45, 2.75) is 45.2 Å². The maximum atomic E-state index is 12.1. The van der Waals surface area contributed by atoms with E-state index in [4.69, 9.17) is 5.11 Å². The van der Waals surface area contributed by atoms with Crippen LogP contribution in [0.3, 0.4) is 0 Å². The topological polar surface area (TPSA) is 69.6 Å². The minimum atomic E-state index is -0.916. The first kappa shape index (κ1) is 13.5. The van der Waals surface area contributed by atoms with Crippen molar-refractivity contribution in [3.8, 4) is 0 Å². The molecule has 1 saturated heterocycles. The second kappa shape index (κ2) is 4.99. The molecule has 102 valence electrons. The fraction of sp³-hybridized carbons (Fsp3) is 0.833. The highest BCUT2D eigenvalue weighted by atomic mass is 32.2. The number of rotatable bonds is 2. The van der Waals surface area contributed by atoms with Gasteiger partial charge in [0.2, 0.25) is 0 Å². The van der Waals surface area contributed by atoms with E-state index >= 15 is 0 Å². The molecule has 6 heteroatoms. The number of carboxylic acids is 1. The Hall–Kier alpha value is -0.910. The van der Waals surface area contributed by atoms with E-state index in [1.165, 1.54) is 16.7 Å². The maximum absolute atomic E-state index is 12.1. The van der Waals surface area contributed by atoms with E-state index in [-0.39, 0.29) is 17.5 Å². The van der Waals surface area contributed by atoms with Crippen LogP contribution in [-0.4, -0.2) is 45.7 Å². The minimum Gasteiger partial charge on any atom is -0.480 e. The van der Waals surface area contributed by atoms with Gasteiger partial charge in [-0.2, -0.15) is 0 Å². The van der Waals surface area contributed by atoms with Crippen molar-refractivity contribution in [2.75, 3.05) is 11.6 Å². The molecule has 2 aliphatic rings. The largest absolute Gasteiger partial charge is 0.480 e. The Morgan fingerprint density at radius 1 is 1.44 bits per heavy atom. The summed E-state index contributed by atoms with van der Waals surface area (Å²) in [7, 11) is 0. The number of carbonyl (C=O) groups excluding carboxylic acids is 1. The standard InChI is InChI=1S/C12H20N2O3S/c1-12(2)5-3-4-9(12)13-11(17)14-7-18-6-8(14)10(15)16/h8-9H,3-7H2,1-2H3,(H,13,17)(H,15,16)/t8-,9?/m0/s1. The molecule has 18 heavy (non-hydrogen) atoms. The van der Waals surface area contributed by atoms with Gasteiger partial charge in [0.05, 0.1) is 5.88 Å². The smallest absolute Gasteiger partial charge is 0.327 e. The molecule has 2 amide bonds. The number of hydrogen-bond donors (Lipinski definition) is 2. The molecule has 0 bridgehead atoms. The third-order valence-electron chi connectivity index (χ3n) is 3.98. The zero-order valence-corrected chi connectivity index (χ0v) is 11.6. The molecule has 2 atom stereocenters. The van der Waals surface area contributed by atoms with Gasteiger partial charge in [-0.25, -0.2) is 9.59 Å². The summed E-state index contributed by atoms with van der Waals surface area (Å²) in [5.74, 6) is 0.0353. The predicted molar refractivity (Wildman–Crippen MR) is 70.5 cm³/mol. The van der Waals surface area contributed by atoms with Crippen LogP contribution < -0.4 is 5.32 Å². The molecule has 1 saturated carbocycles. The normalized spacial score (nSPS) is 30.4. The molecule has 5 nitrogen and oxygen atoms in total. The van der Waals surface area contributed by atoms with Crippen LogP contribution in [0.1, 0.15) is 33.1 Å². The van der Waals surface area contributed by atoms with Crippen LogP contribution in [0.4, 0.5) is 4.79 Å². The van der Waals surface area contributed by atoms with Crippen molar-refractivity contribution in [2.24, 2.45) is 5.41 Å². The summed E-state index contributed by atoms with van der Waals surface area (Å²) >= 11 is 1.49. The van der Waals surface area contributed by atoms with E-state index in [9.17, 15) is 9.59 Å². The van der Waals surface area contributed by atoms with Gasteiger partial charge < -0.3 is 15.3 Å². The van der Waals surface area contributed by atoms with E-state index in [0.717, 1.165) is 19.3 Å². The van der Waals surface area contributed by atoms with Crippen molar-refractivity contribution in [3.63, 3.8) is 0 Å². The van der Waals surface area contributed by atoms with Crippen molar-refractivity contribution in [3.05, 3.63) is 0 Å². The number of nitrogens with zero attached hydrogens (tertiary/aromatic N) is 1. The lowest BCUT2D eigenvalue weighted by atomic mass is 9.87. The predicted octanol–water partition coefficient (Wildman–Crippen LogP) is 1.73. The first-order valence-corrected chi connectivity index (χ1v) is 7.45. The van der Waals surface area contributed by atoms with Crippen LogP contribution >= 0.6 is 11.8 Å². The lowest BCUT2D eigenvalue weighted by Crippen LogP contribution is -2.51. The van der Waals surface area contributed by atoms with Crippen molar-refractivity contribution in [1.82, 2.24) is 10.2 Å². The Balaban J connectivity index is 1.97. The quantitative estimate of drug-likeness (QED) is 0.803. The summed E-state index contributed by atoms with van der Waals surface area (Å²) in [5, 5.41) is 12.1. The number of carbonyl (C=O) groups is 2. The molecule has 0 radical (unpaired) electrons. The van der Waals surface area contributed by atoms with Crippen LogP contribution in [0, 0.1) is 5.41 Å². The molecule has 2 rings (SSSR count). The summed E-state index contributed by atoms with van der Waals surface area (Å²) in [6, 6.07) is -0.753. The molecular weight excluding hydrogens is 252 g/mol. The molecule has 0 aromatic carbocycles. The number of urea groups is 1. The molecular formula is C12H20N2O3S. The maximum Gasteiger partial charge on any atom is 0.327 e. The number of aliphatic carboxylic acids is 1. The lowest BCUT2D eigenvalue weighted by molar-refractivity contribution is -0.140. The molecule has 1 unspecified atom stereocenters. The zero-order chi connectivity index (χ0) is 13.3. The minimum absolute atomic E-state index is 0.112. The third-order valence-corrected chi connectivity index (χ3v) is 5.00. The van der Waals surface area contributed by atoms with Gasteiger partial charge in [0.1, 0.15) is 6.04 Å². The monoisotopic (exact) mass is 272 g/mol. The molecule has 0 spiro atoms. The summed E-state index contributed by atoms with van der Waals surface area (Å²) in [5.41, 5.74) is 0.112. The Morgan fingerprint density at radius 2 is 2.17 bits per heavy atom. The third kappa shape index (κ3) is 2.58. The Labute approximate surface area is 111 Å². The van der Waals surface area contributed by atoms with Gasteiger partial charge in [-0.05, 0) is 18.3 Å². The van der Waals surface area contributed by atoms with Gasteiger partial charge in [0.25, 0.3) is 0 Å². The summed E-state index contributed by atoms with van der Waals surface area (Å²) in [4.78, 5) is 24.6. The lowest BCUT2D eigenvalue weighted by Gasteiger charge is -2.30. The highest BCUT2D eigenvalue weighted by molar-refractivity contribution is 7.99. The molecule has 2 N–H and O–H groups in total. The van der Waals surface area contributed by atoms with Gasteiger partial charge in [-0.1, -0.05) is 20.3 Å². The van der Waals surface area contributed by atoms with Gasteiger partial charge in [0, 0.05) is 11.8 Å². The van der Waals surface area contributed by atoms with E-state index in [2.05, 4.69) is 19.2 Å². The van der Waals surface area contributed by atoms with Crippen LogP contribution in [-0.2, 0) is 4.79 Å². The molecule has 1 heterocycles. The molecule has 1 aliphatic carbocycles. The Bertz CT molecular complexity index is 359. The second-order valence-corrected chi connectivity index (χ2v) is 6.71. The van der Waals surface area contributed by atoms with Gasteiger partial charge in [0.15, 0.2) is 0 Å². The van der Waals surface area contributed by atoms with Crippen LogP contribution in [0.15, 0.2) is 0 Å². The van der Waals surface area contributed by atoms with Crippen LogP contribution in [0.5, 0.6) is 0 Å². The second-order valence-electron chi connectivity index (χ2n) is 5.71. The first-order chi connectivity index (χ1) is 8.42. The molecule has 0 aromatic heterocycles. The SMILES string of the molecule is CC1(C)CCCC1NC(=O)N1CSC[C@H]1C(=O)O. The van der Waals surface area contributed by atoms with Crippen molar-refractivity contribution < 1.29 is 14.7 Å². The molecule has 0 aromatic rings. The van der Waals surface area contributed by atoms with E-state index in [0.29, 0.717) is 11.6 Å². The highest BCUT2D eigenvalue weighted by Crippen LogP contribution is 2.37. The fourth-order valence-corrected chi connectivity index (χ4v) is 3.82. The van der Waals surface area contributed by atoms with Gasteiger partial charge in [-0.3, -0.25) is 0 Å². The molecule has 2 fully saturated rings. The number of hydrogen-bond acceptors (Lipinski definition) is 3. The van der Waals surface area contributed by atoms with Crippen LogP contribution in [0.25, 0.3) is 0 Å². The van der Waals surface area contributed by atoms with Gasteiger partial charge >= 0.3 is 12.0 Å². The van der Waals surface area contributed by atoms with E-state index < -0.39 is 12.0 Å².